The second-order valence-corrected chi connectivity index (χ2v) is 8.96. The molecular weight excluding hydrogens is 456 g/mol. The Morgan fingerprint density at radius 3 is 2.50 bits per heavy atom. The number of nitrogens with one attached hydrogen (secondary N) is 1. The van der Waals surface area contributed by atoms with Crippen molar-refractivity contribution < 1.29 is 23.8 Å². The van der Waals surface area contributed by atoms with Crippen LogP contribution in [0.2, 0.25) is 0 Å². The molecule has 0 saturated heterocycles. The van der Waals surface area contributed by atoms with Gasteiger partial charge in [0, 0.05) is 23.5 Å². The summed E-state index contributed by atoms with van der Waals surface area (Å²) in [5.74, 6) is 1.71. The van der Waals surface area contributed by atoms with Crippen molar-refractivity contribution in [1.29, 1.82) is 0 Å². The van der Waals surface area contributed by atoms with Crippen molar-refractivity contribution in [2.75, 3.05) is 45.9 Å². The van der Waals surface area contributed by atoms with Crippen LogP contribution in [0.1, 0.15) is 18.1 Å². The third kappa shape index (κ3) is 6.88. The Hall–Kier alpha value is -3.24. The molecule has 0 bridgehead atoms. The van der Waals surface area contributed by atoms with Gasteiger partial charge in [-0.05, 0) is 56.9 Å². The summed E-state index contributed by atoms with van der Waals surface area (Å²) in [6.07, 6.45) is -0.733. The van der Waals surface area contributed by atoms with Gasteiger partial charge in [-0.3, -0.25) is 10.1 Å². The summed E-state index contributed by atoms with van der Waals surface area (Å²) in [6, 6.07) is 12.8. The highest BCUT2D eigenvalue weighted by atomic mass is 32.2. The summed E-state index contributed by atoms with van der Waals surface area (Å²) in [6.45, 7) is 2.79. The molecule has 3 rings (SSSR count). The number of ether oxygens (including phenoxy) is 3. The fraction of sp³-hybridized carbons (Fsp3) is 0.375. The molecule has 0 spiro atoms. The summed E-state index contributed by atoms with van der Waals surface area (Å²) < 4.78 is 16.0. The Bertz CT molecular complexity index is 1040. The number of likely N-dealkylation sites (N-methyl/N-ethyl adjacent to an activating group) is 1. The highest BCUT2D eigenvalue weighted by Crippen LogP contribution is 2.30. The van der Waals surface area contributed by atoms with Gasteiger partial charge in [-0.15, -0.1) is 0 Å². The molecule has 2 aromatic rings. The highest BCUT2D eigenvalue weighted by molar-refractivity contribution is 8.14. The van der Waals surface area contributed by atoms with Gasteiger partial charge in [-0.25, -0.2) is 9.80 Å². The third-order valence-corrected chi connectivity index (χ3v) is 5.84. The van der Waals surface area contributed by atoms with E-state index in [0.717, 1.165) is 16.8 Å². The second-order valence-electron chi connectivity index (χ2n) is 8.03. The standard InChI is InChI=1S/C24H30N4O5S/c1-16(13-27(2)3)33-23(29)25-19-9-6-17(7-10-19)14-28-24(30)34-15-20(26-28)18-8-11-21(31-4)22(12-18)32-5/h6-12,16H,13-15H2,1-5H3,(H,25,29). The first-order valence-electron chi connectivity index (χ1n) is 10.7. The number of carbonyl (C=O) groups is 2. The van der Waals surface area contributed by atoms with E-state index in [0.29, 0.717) is 36.0 Å². The van der Waals surface area contributed by atoms with Gasteiger partial charge >= 0.3 is 11.3 Å². The van der Waals surface area contributed by atoms with E-state index in [4.69, 9.17) is 14.2 Å². The van der Waals surface area contributed by atoms with Gasteiger partial charge in [-0.2, -0.15) is 5.10 Å². The Morgan fingerprint density at radius 2 is 1.85 bits per heavy atom. The van der Waals surface area contributed by atoms with Crippen LogP contribution in [0, 0.1) is 0 Å². The Kier molecular flexibility index (Phi) is 8.78. The molecule has 0 aliphatic carbocycles. The maximum Gasteiger partial charge on any atom is 0.411 e. The van der Waals surface area contributed by atoms with E-state index in [1.54, 1.807) is 26.4 Å². The van der Waals surface area contributed by atoms with Crippen LogP contribution in [0.5, 0.6) is 11.5 Å². The maximum atomic E-state index is 12.5. The zero-order valence-corrected chi connectivity index (χ0v) is 20.8. The van der Waals surface area contributed by atoms with E-state index in [1.165, 1.54) is 16.8 Å². The number of anilines is 1. The molecule has 1 N–H and O–H groups in total. The number of benzene rings is 2. The summed E-state index contributed by atoms with van der Waals surface area (Å²) >= 11 is 1.20. The van der Waals surface area contributed by atoms with Crippen LogP contribution < -0.4 is 14.8 Å². The summed E-state index contributed by atoms with van der Waals surface area (Å²) in [4.78, 5) is 26.5. The van der Waals surface area contributed by atoms with Gasteiger partial charge < -0.3 is 19.1 Å². The molecule has 1 atom stereocenters. The third-order valence-electron chi connectivity index (χ3n) is 4.96. The fourth-order valence-corrected chi connectivity index (χ4v) is 4.16. The van der Waals surface area contributed by atoms with Crippen LogP contribution in [0.25, 0.3) is 0 Å². The van der Waals surface area contributed by atoms with Crippen LogP contribution in [0.3, 0.4) is 0 Å². The molecule has 1 unspecified atom stereocenters. The Balaban J connectivity index is 1.65. The summed E-state index contributed by atoms with van der Waals surface area (Å²) in [5, 5.41) is 8.62. The molecule has 1 heterocycles. The number of amides is 2. The number of thioether (sulfide) groups is 1. The molecule has 9 nitrogen and oxygen atoms in total. The number of hydrogen-bond donors (Lipinski definition) is 1. The zero-order chi connectivity index (χ0) is 24.7. The summed E-state index contributed by atoms with van der Waals surface area (Å²) in [7, 11) is 7.00. The topological polar surface area (TPSA) is 92.7 Å². The quantitative estimate of drug-likeness (QED) is 0.566. The average molecular weight is 487 g/mol. The van der Waals surface area contributed by atoms with Gasteiger partial charge in [0.1, 0.15) is 6.10 Å². The second kappa shape index (κ2) is 11.8. The van der Waals surface area contributed by atoms with Gasteiger partial charge in [0.25, 0.3) is 0 Å². The van der Waals surface area contributed by atoms with E-state index < -0.39 is 6.09 Å². The predicted molar refractivity (Wildman–Crippen MR) is 134 cm³/mol. The molecule has 0 radical (unpaired) electrons. The van der Waals surface area contributed by atoms with Crippen LogP contribution in [-0.4, -0.2) is 73.7 Å². The van der Waals surface area contributed by atoms with Crippen molar-refractivity contribution in [3.05, 3.63) is 53.6 Å². The number of hydrogen-bond acceptors (Lipinski definition) is 8. The SMILES string of the molecule is COc1ccc(C2=NN(Cc3ccc(NC(=O)OC(C)CN(C)C)cc3)C(=O)SC2)cc1OC. The fourth-order valence-electron chi connectivity index (χ4n) is 3.42. The Morgan fingerprint density at radius 1 is 1.15 bits per heavy atom. The van der Waals surface area contributed by atoms with E-state index in [-0.39, 0.29) is 11.3 Å². The van der Waals surface area contributed by atoms with Crippen LogP contribution in [0.15, 0.2) is 47.6 Å². The lowest BCUT2D eigenvalue weighted by Crippen LogP contribution is -2.30. The molecule has 0 fully saturated rings. The molecule has 1 aliphatic heterocycles. The first-order chi connectivity index (χ1) is 16.3. The molecule has 1 aliphatic rings. The maximum absolute atomic E-state index is 12.5. The molecule has 0 aromatic heterocycles. The Labute approximate surface area is 204 Å². The predicted octanol–water partition coefficient (Wildman–Crippen LogP) is 4.28. The molecule has 10 heteroatoms. The molecule has 182 valence electrons. The van der Waals surface area contributed by atoms with Gasteiger partial charge in [-0.1, -0.05) is 23.9 Å². The van der Waals surface area contributed by atoms with Crippen molar-refractivity contribution >= 4 is 34.5 Å². The lowest BCUT2D eigenvalue weighted by Gasteiger charge is -2.23. The minimum absolute atomic E-state index is 0.120. The van der Waals surface area contributed by atoms with Crippen molar-refractivity contribution in [3.63, 3.8) is 0 Å². The summed E-state index contributed by atoms with van der Waals surface area (Å²) in [5.41, 5.74) is 3.13. The normalized spacial score (nSPS) is 14.5. The van der Waals surface area contributed by atoms with Gasteiger partial charge in [0.05, 0.1) is 26.5 Å². The van der Waals surface area contributed by atoms with E-state index >= 15 is 0 Å². The lowest BCUT2D eigenvalue weighted by atomic mass is 10.1. The smallest absolute Gasteiger partial charge is 0.411 e. The number of hydrazone groups is 1. The molecule has 2 aromatic carbocycles. The lowest BCUT2D eigenvalue weighted by molar-refractivity contribution is 0.103. The van der Waals surface area contributed by atoms with Crippen LogP contribution in [-0.2, 0) is 11.3 Å². The number of rotatable bonds is 9. The average Bonchev–Trinajstić information content (AvgIpc) is 2.80. The molecule has 2 amide bonds. The zero-order valence-electron chi connectivity index (χ0n) is 20.0. The minimum atomic E-state index is -0.506. The van der Waals surface area contributed by atoms with E-state index in [9.17, 15) is 9.59 Å². The molecular formula is C24H30N4O5S. The first-order valence-corrected chi connectivity index (χ1v) is 11.7. The van der Waals surface area contributed by atoms with Gasteiger partial charge in [0.15, 0.2) is 11.5 Å². The number of methoxy groups -OCH3 is 2. The van der Waals surface area contributed by atoms with E-state index in [2.05, 4.69) is 10.4 Å². The van der Waals surface area contributed by atoms with Gasteiger partial charge in [0.2, 0.25) is 0 Å². The van der Waals surface area contributed by atoms with E-state index in [1.807, 2.05) is 56.3 Å². The van der Waals surface area contributed by atoms with Crippen LogP contribution >= 0.6 is 11.8 Å². The highest BCUT2D eigenvalue weighted by Gasteiger charge is 2.23. The monoisotopic (exact) mass is 486 g/mol. The minimum Gasteiger partial charge on any atom is -0.493 e. The van der Waals surface area contributed by atoms with Crippen molar-refractivity contribution in [2.24, 2.45) is 5.10 Å². The van der Waals surface area contributed by atoms with Crippen molar-refractivity contribution in [1.82, 2.24) is 9.91 Å². The van der Waals surface area contributed by atoms with Crippen molar-refractivity contribution in [2.45, 2.75) is 19.6 Å². The largest absolute Gasteiger partial charge is 0.493 e. The first kappa shape index (κ1) is 25.4. The molecule has 34 heavy (non-hydrogen) atoms. The number of carbonyl (C=O) groups excluding carboxylic acids is 2. The van der Waals surface area contributed by atoms with Crippen molar-refractivity contribution in [3.8, 4) is 11.5 Å². The van der Waals surface area contributed by atoms with Crippen LogP contribution in [0.4, 0.5) is 15.3 Å². The number of nitrogens with zero attached hydrogens (tertiary/aromatic N) is 3. The molecule has 0 saturated carbocycles.